The average Bonchev–Trinajstić information content (AvgIpc) is 2.53. The molecule has 0 fully saturated rings. The SMILES string of the molecule is O=Nc1ccc(CCNC[C@H](O)c2ccccc2)cc1. The molecule has 104 valence electrons. The van der Waals surface area contributed by atoms with Crippen LogP contribution in [0.5, 0.6) is 0 Å². The molecule has 0 unspecified atom stereocenters. The van der Waals surface area contributed by atoms with Gasteiger partial charge in [-0.05, 0) is 41.4 Å². The van der Waals surface area contributed by atoms with Gasteiger partial charge in [0.25, 0.3) is 0 Å². The van der Waals surface area contributed by atoms with Crippen molar-refractivity contribution in [1.82, 2.24) is 5.32 Å². The zero-order valence-corrected chi connectivity index (χ0v) is 11.2. The van der Waals surface area contributed by atoms with Gasteiger partial charge in [-0.15, -0.1) is 4.91 Å². The lowest BCUT2D eigenvalue weighted by Crippen LogP contribution is -2.23. The number of aliphatic hydroxyl groups is 1. The molecule has 4 nitrogen and oxygen atoms in total. The van der Waals surface area contributed by atoms with E-state index in [0.29, 0.717) is 12.2 Å². The third-order valence-corrected chi connectivity index (χ3v) is 3.15. The van der Waals surface area contributed by atoms with Gasteiger partial charge >= 0.3 is 0 Å². The highest BCUT2D eigenvalue weighted by molar-refractivity contribution is 5.38. The monoisotopic (exact) mass is 270 g/mol. The summed E-state index contributed by atoms with van der Waals surface area (Å²) >= 11 is 0. The Morgan fingerprint density at radius 1 is 1.05 bits per heavy atom. The molecule has 0 aliphatic carbocycles. The molecule has 2 aromatic rings. The zero-order valence-electron chi connectivity index (χ0n) is 11.2. The highest BCUT2D eigenvalue weighted by Gasteiger charge is 2.05. The molecule has 0 saturated heterocycles. The fourth-order valence-electron chi connectivity index (χ4n) is 1.99. The summed E-state index contributed by atoms with van der Waals surface area (Å²) in [5, 5.41) is 16.1. The lowest BCUT2D eigenvalue weighted by Gasteiger charge is -2.12. The number of nitrogens with one attached hydrogen (secondary N) is 1. The molecule has 1 atom stereocenters. The van der Waals surface area contributed by atoms with E-state index in [0.717, 1.165) is 24.1 Å². The second-order valence-corrected chi connectivity index (χ2v) is 4.64. The predicted molar refractivity (Wildman–Crippen MR) is 79.9 cm³/mol. The van der Waals surface area contributed by atoms with Gasteiger partial charge in [-0.2, -0.15) is 0 Å². The predicted octanol–water partition coefficient (Wildman–Crippen LogP) is 2.95. The van der Waals surface area contributed by atoms with E-state index in [4.69, 9.17) is 0 Å². The topological polar surface area (TPSA) is 61.7 Å². The van der Waals surface area contributed by atoms with Gasteiger partial charge in [-0.1, -0.05) is 42.5 Å². The van der Waals surface area contributed by atoms with Crippen LogP contribution in [0.25, 0.3) is 0 Å². The number of rotatable bonds is 7. The Morgan fingerprint density at radius 2 is 1.75 bits per heavy atom. The van der Waals surface area contributed by atoms with Crippen LogP contribution in [-0.2, 0) is 6.42 Å². The molecule has 2 aromatic carbocycles. The molecule has 20 heavy (non-hydrogen) atoms. The van der Waals surface area contributed by atoms with Crippen molar-refractivity contribution in [2.24, 2.45) is 5.18 Å². The van der Waals surface area contributed by atoms with Crippen molar-refractivity contribution in [3.8, 4) is 0 Å². The van der Waals surface area contributed by atoms with E-state index in [-0.39, 0.29) is 0 Å². The van der Waals surface area contributed by atoms with Gasteiger partial charge in [0.2, 0.25) is 0 Å². The number of hydrogen-bond acceptors (Lipinski definition) is 4. The van der Waals surface area contributed by atoms with Crippen LogP contribution in [0, 0.1) is 4.91 Å². The fraction of sp³-hybridized carbons (Fsp3) is 0.250. The van der Waals surface area contributed by atoms with Gasteiger partial charge < -0.3 is 10.4 Å². The lowest BCUT2D eigenvalue weighted by atomic mass is 10.1. The summed E-state index contributed by atoms with van der Waals surface area (Å²) in [7, 11) is 0. The summed E-state index contributed by atoms with van der Waals surface area (Å²) < 4.78 is 0. The molecule has 0 saturated carbocycles. The van der Waals surface area contributed by atoms with Crippen LogP contribution in [0.1, 0.15) is 17.2 Å². The van der Waals surface area contributed by atoms with E-state index in [1.165, 1.54) is 0 Å². The number of aliphatic hydroxyl groups excluding tert-OH is 1. The molecule has 4 heteroatoms. The molecule has 0 spiro atoms. The quantitative estimate of drug-likeness (QED) is 0.600. The first-order valence-electron chi connectivity index (χ1n) is 6.65. The molecule has 0 aliphatic rings. The van der Waals surface area contributed by atoms with Crippen LogP contribution in [0.3, 0.4) is 0 Å². The van der Waals surface area contributed by atoms with Crippen molar-refractivity contribution in [3.63, 3.8) is 0 Å². The normalized spacial score (nSPS) is 12.1. The molecule has 0 radical (unpaired) electrons. The molecule has 0 heterocycles. The first-order valence-corrected chi connectivity index (χ1v) is 6.65. The van der Waals surface area contributed by atoms with Crippen molar-refractivity contribution in [2.45, 2.75) is 12.5 Å². The van der Waals surface area contributed by atoms with Gasteiger partial charge in [0.05, 0.1) is 6.10 Å². The average molecular weight is 270 g/mol. The Labute approximate surface area is 118 Å². The molecular weight excluding hydrogens is 252 g/mol. The van der Waals surface area contributed by atoms with Crippen LogP contribution >= 0.6 is 0 Å². The van der Waals surface area contributed by atoms with Crippen molar-refractivity contribution >= 4 is 5.69 Å². The molecule has 0 amide bonds. The molecule has 0 aromatic heterocycles. The maximum atomic E-state index is 10.3. The Kier molecular flexibility index (Phi) is 5.41. The largest absolute Gasteiger partial charge is 0.387 e. The standard InChI is InChI=1S/C16H18N2O2/c19-16(14-4-2-1-3-5-14)12-17-11-10-13-6-8-15(18-20)9-7-13/h1-9,16-17,19H,10-12H2/t16-/m0/s1. The highest BCUT2D eigenvalue weighted by Crippen LogP contribution is 2.13. The minimum atomic E-state index is -0.488. The number of nitroso groups, excluding NO2 is 1. The minimum Gasteiger partial charge on any atom is -0.387 e. The van der Waals surface area contributed by atoms with Gasteiger partial charge in [-0.25, -0.2) is 0 Å². The van der Waals surface area contributed by atoms with E-state index in [9.17, 15) is 10.0 Å². The Balaban J connectivity index is 1.72. The Bertz CT molecular complexity index is 526. The smallest absolute Gasteiger partial charge is 0.108 e. The molecule has 2 N–H and O–H groups in total. The van der Waals surface area contributed by atoms with Gasteiger partial charge in [0, 0.05) is 6.54 Å². The van der Waals surface area contributed by atoms with Crippen LogP contribution in [0.15, 0.2) is 59.8 Å². The maximum Gasteiger partial charge on any atom is 0.108 e. The first kappa shape index (κ1) is 14.4. The van der Waals surface area contributed by atoms with E-state index >= 15 is 0 Å². The van der Waals surface area contributed by atoms with Crippen LogP contribution < -0.4 is 5.32 Å². The zero-order chi connectivity index (χ0) is 14.2. The number of nitrogens with zero attached hydrogens (tertiary/aromatic N) is 1. The van der Waals surface area contributed by atoms with Crippen molar-refractivity contribution in [1.29, 1.82) is 0 Å². The molecule has 0 aliphatic heterocycles. The van der Waals surface area contributed by atoms with E-state index in [1.54, 1.807) is 12.1 Å². The third kappa shape index (κ3) is 4.26. The van der Waals surface area contributed by atoms with E-state index in [2.05, 4.69) is 10.5 Å². The third-order valence-electron chi connectivity index (χ3n) is 3.15. The summed E-state index contributed by atoms with van der Waals surface area (Å²) in [6, 6.07) is 16.8. The first-order chi connectivity index (χ1) is 9.79. The minimum absolute atomic E-state index is 0.446. The summed E-state index contributed by atoms with van der Waals surface area (Å²) in [5.41, 5.74) is 2.50. The van der Waals surface area contributed by atoms with E-state index in [1.807, 2.05) is 42.5 Å². The van der Waals surface area contributed by atoms with Crippen LogP contribution in [-0.4, -0.2) is 18.2 Å². The number of benzene rings is 2. The van der Waals surface area contributed by atoms with Crippen LogP contribution in [0.2, 0.25) is 0 Å². The molecule has 2 rings (SSSR count). The maximum absolute atomic E-state index is 10.3. The van der Waals surface area contributed by atoms with E-state index < -0.39 is 6.10 Å². The van der Waals surface area contributed by atoms with Crippen molar-refractivity contribution in [2.75, 3.05) is 13.1 Å². The summed E-state index contributed by atoms with van der Waals surface area (Å²) in [4.78, 5) is 10.3. The summed E-state index contributed by atoms with van der Waals surface area (Å²) in [6.07, 6.45) is 0.360. The summed E-state index contributed by atoms with van der Waals surface area (Å²) in [6.45, 7) is 1.30. The number of hydrogen-bond donors (Lipinski definition) is 2. The Morgan fingerprint density at radius 3 is 2.40 bits per heavy atom. The fourth-order valence-corrected chi connectivity index (χ4v) is 1.99. The van der Waals surface area contributed by atoms with Gasteiger partial charge in [-0.3, -0.25) is 0 Å². The second kappa shape index (κ2) is 7.53. The molecule has 0 bridgehead atoms. The lowest BCUT2D eigenvalue weighted by molar-refractivity contribution is 0.175. The molecular formula is C16H18N2O2. The van der Waals surface area contributed by atoms with Gasteiger partial charge in [0.15, 0.2) is 0 Å². The van der Waals surface area contributed by atoms with Crippen molar-refractivity contribution in [3.05, 3.63) is 70.6 Å². The second-order valence-electron chi connectivity index (χ2n) is 4.64. The van der Waals surface area contributed by atoms with Crippen LogP contribution in [0.4, 0.5) is 5.69 Å². The van der Waals surface area contributed by atoms with Crippen molar-refractivity contribution < 1.29 is 5.11 Å². The van der Waals surface area contributed by atoms with Gasteiger partial charge in [0.1, 0.15) is 5.69 Å². The summed E-state index contributed by atoms with van der Waals surface area (Å²) in [5.74, 6) is 0. The highest BCUT2D eigenvalue weighted by atomic mass is 16.3. The Hall–Kier alpha value is -2.04.